The molecule has 0 bridgehead atoms. The summed E-state index contributed by atoms with van der Waals surface area (Å²) in [5, 5.41) is 2.87. The largest absolute Gasteiger partial charge is 0.454 e. The minimum Gasteiger partial charge on any atom is -0.454 e. The molecule has 31 heavy (non-hydrogen) atoms. The number of Topliss-reactive ketones (excluding diaryl/α,β-unsaturated/α-hetero) is 1. The first-order chi connectivity index (χ1) is 15.0. The first-order valence-corrected chi connectivity index (χ1v) is 10.1. The van der Waals surface area contributed by atoms with Gasteiger partial charge in [-0.25, -0.2) is 0 Å². The SMILES string of the molecule is CC(=O)c1cc2c(cc1NC(=O)CN(C)C(c1ccccc1)c1ccccc1)OCO2. The van der Waals surface area contributed by atoms with Crippen molar-refractivity contribution in [2.75, 3.05) is 25.7 Å². The number of likely N-dealkylation sites (N-methyl/N-ethyl adjacent to an activating group) is 1. The van der Waals surface area contributed by atoms with Gasteiger partial charge in [0.1, 0.15) is 0 Å². The van der Waals surface area contributed by atoms with Crippen LogP contribution >= 0.6 is 0 Å². The quantitative estimate of drug-likeness (QED) is 0.583. The van der Waals surface area contributed by atoms with Crippen molar-refractivity contribution in [3.8, 4) is 11.5 Å². The van der Waals surface area contributed by atoms with Gasteiger partial charge in [0.05, 0.1) is 18.3 Å². The first-order valence-electron chi connectivity index (χ1n) is 10.1. The van der Waals surface area contributed by atoms with Crippen LogP contribution in [0.15, 0.2) is 72.8 Å². The Kier molecular flexibility index (Phi) is 6.00. The van der Waals surface area contributed by atoms with Gasteiger partial charge in [-0.05, 0) is 31.2 Å². The highest BCUT2D eigenvalue weighted by Crippen LogP contribution is 2.37. The second-order valence-corrected chi connectivity index (χ2v) is 7.49. The molecule has 6 nitrogen and oxygen atoms in total. The lowest BCUT2D eigenvalue weighted by Gasteiger charge is -2.28. The van der Waals surface area contributed by atoms with E-state index in [2.05, 4.69) is 29.6 Å². The minimum absolute atomic E-state index is 0.0859. The van der Waals surface area contributed by atoms with Gasteiger partial charge in [0.2, 0.25) is 12.7 Å². The van der Waals surface area contributed by atoms with E-state index in [9.17, 15) is 9.59 Å². The highest BCUT2D eigenvalue weighted by molar-refractivity contribution is 6.05. The second-order valence-electron chi connectivity index (χ2n) is 7.49. The molecule has 0 unspecified atom stereocenters. The smallest absolute Gasteiger partial charge is 0.238 e. The Morgan fingerprint density at radius 2 is 1.48 bits per heavy atom. The number of rotatable bonds is 7. The van der Waals surface area contributed by atoms with Gasteiger partial charge in [0, 0.05) is 11.6 Å². The molecule has 1 N–H and O–H groups in total. The lowest BCUT2D eigenvalue weighted by molar-refractivity contribution is -0.117. The highest BCUT2D eigenvalue weighted by Gasteiger charge is 2.23. The molecule has 0 saturated carbocycles. The van der Waals surface area contributed by atoms with Gasteiger partial charge in [-0.1, -0.05) is 60.7 Å². The summed E-state index contributed by atoms with van der Waals surface area (Å²) in [6.45, 7) is 1.70. The van der Waals surface area contributed by atoms with E-state index in [1.54, 1.807) is 12.1 Å². The van der Waals surface area contributed by atoms with Crippen molar-refractivity contribution in [3.05, 3.63) is 89.5 Å². The Labute approximate surface area is 181 Å². The summed E-state index contributed by atoms with van der Waals surface area (Å²) in [6.07, 6.45) is 0. The van der Waals surface area contributed by atoms with Gasteiger partial charge in [-0.2, -0.15) is 0 Å². The molecule has 0 radical (unpaired) electrons. The number of anilines is 1. The van der Waals surface area contributed by atoms with E-state index >= 15 is 0 Å². The Morgan fingerprint density at radius 1 is 0.935 bits per heavy atom. The number of ether oxygens (including phenoxy) is 2. The van der Waals surface area contributed by atoms with Gasteiger partial charge in [0.25, 0.3) is 0 Å². The molecular weight excluding hydrogens is 392 g/mol. The van der Waals surface area contributed by atoms with E-state index < -0.39 is 0 Å². The molecule has 0 aromatic heterocycles. The van der Waals surface area contributed by atoms with E-state index in [-0.39, 0.29) is 31.1 Å². The maximum Gasteiger partial charge on any atom is 0.238 e. The molecule has 3 aromatic carbocycles. The van der Waals surface area contributed by atoms with Gasteiger partial charge in [-0.3, -0.25) is 14.5 Å². The zero-order valence-electron chi connectivity index (χ0n) is 17.5. The number of nitrogens with one attached hydrogen (secondary N) is 1. The molecule has 0 atom stereocenters. The number of carbonyl (C=O) groups excluding carboxylic acids is 2. The number of ketones is 1. The maximum absolute atomic E-state index is 12.9. The van der Waals surface area contributed by atoms with Crippen molar-refractivity contribution >= 4 is 17.4 Å². The van der Waals surface area contributed by atoms with Crippen LogP contribution in [0.3, 0.4) is 0 Å². The van der Waals surface area contributed by atoms with E-state index in [0.717, 1.165) is 11.1 Å². The molecule has 1 aliphatic heterocycles. The molecule has 0 spiro atoms. The molecule has 0 fully saturated rings. The topological polar surface area (TPSA) is 67.9 Å². The van der Waals surface area contributed by atoms with Crippen LogP contribution < -0.4 is 14.8 Å². The third-order valence-corrected chi connectivity index (χ3v) is 5.23. The summed E-state index contributed by atoms with van der Waals surface area (Å²) < 4.78 is 10.7. The van der Waals surface area contributed by atoms with E-state index in [1.165, 1.54) is 6.92 Å². The molecule has 0 aliphatic carbocycles. The summed E-state index contributed by atoms with van der Waals surface area (Å²) in [7, 11) is 1.91. The van der Waals surface area contributed by atoms with Crippen LogP contribution in [0.2, 0.25) is 0 Å². The van der Waals surface area contributed by atoms with Crippen molar-refractivity contribution in [2.24, 2.45) is 0 Å². The summed E-state index contributed by atoms with van der Waals surface area (Å²) in [5.41, 5.74) is 3.00. The highest BCUT2D eigenvalue weighted by atomic mass is 16.7. The van der Waals surface area contributed by atoms with E-state index in [0.29, 0.717) is 22.7 Å². The third-order valence-electron chi connectivity index (χ3n) is 5.23. The molecule has 0 saturated heterocycles. The molecule has 1 amide bonds. The molecule has 4 rings (SSSR count). The molecule has 158 valence electrons. The Morgan fingerprint density at radius 3 is 2.03 bits per heavy atom. The van der Waals surface area contributed by atoms with Crippen LogP contribution in [-0.2, 0) is 4.79 Å². The van der Waals surface area contributed by atoms with Crippen molar-refractivity contribution in [1.82, 2.24) is 4.90 Å². The van der Waals surface area contributed by atoms with Gasteiger partial charge >= 0.3 is 0 Å². The van der Waals surface area contributed by atoms with Crippen LogP contribution in [0.5, 0.6) is 11.5 Å². The number of fused-ring (bicyclic) bond motifs is 1. The van der Waals surface area contributed by atoms with E-state index in [4.69, 9.17) is 9.47 Å². The fourth-order valence-electron chi connectivity index (χ4n) is 3.82. The monoisotopic (exact) mass is 416 g/mol. The lowest BCUT2D eigenvalue weighted by atomic mass is 9.97. The van der Waals surface area contributed by atoms with Gasteiger partial charge in [0.15, 0.2) is 17.3 Å². The lowest BCUT2D eigenvalue weighted by Crippen LogP contribution is -2.34. The van der Waals surface area contributed by atoms with Crippen LogP contribution in [0, 0.1) is 0 Å². The zero-order chi connectivity index (χ0) is 21.8. The van der Waals surface area contributed by atoms with Crippen LogP contribution in [-0.4, -0.2) is 37.0 Å². The standard InChI is InChI=1S/C25H24N2O4/c1-17(28)20-13-22-23(31-16-30-22)14-21(20)26-24(29)15-27(2)25(18-9-5-3-6-10-18)19-11-7-4-8-12-19/h3-14,25H,15-16H2,1-2H3,(H,26,29). The Balaban J connectivity index is 1.56. The maximum atomic E-state index is 12.9. The third kappa shape index (κ3) is 4.59. The number of amides is 1. The average molecular weight is 416 g/mol. The minimum atomic E-state index is -0.222. The van der Waals surface area contributed by atoms with Gasteiger partial charge in [-0.15, -0.1) is 0 Å². The zero-order valence-corrected chi connectivity index (χ0v) is 17.5. The van der Waals surface area contributed by atoms with Crippen molar-refractivity contribution in [1.29, 1.82) is 0 Å². The normalized spacial score (nSPS) is 12.3. The summed E-state index contributed by atoms with van der Waals surface area (Å²) in [6, 6.07) is 23.3. The van der Waals surface area contributed by atoms with E-state index in [1.807, 2.05) is 48.3 Å². The fraction of sp³-hybridized carbons (Fsp3) is 0.200. The molecular formula is C25H24N2O4. The van der Waals surface area contributed by atoms with Crippen LogP contribution in [0.4, 0.5) is 5.69 Å². The average Bonchev–Trinajstić information content (AvgIpc) is 3.22. The predicted molar refractivity (Wildman–Crippen MR) is 119 cm³/mol. The molecule has 1 heterocycles. The summed E-state index contributed by atoms with van der Waals surface area (Å²) in [4.78, 5) is 27.0. The first kappa shape index (κ1) is 20.6. The fourth-order valence-corrected chi connectivity index (χ4v) is 3.82. The van der Waals surface area contributed by atoms with Crippen LogP contribution in [0.25, 0.3) is 0 Å². The predicted octanol–water partition coefficient (Wildman–Crippen LogP) is 4.28. The number of hydrogen-bond donors (Lipinski definition) is 1. The number of carbonyl (C=O) groups is 2. The Hall–Kier alpha value is -3.64. The molecule has 6 heteroatoms. The van der Waals surface area contributed by atoms with Gasteiger partial charge < -0.3 is 14.8 Å². The Bertz CT molecular complexity index is 1040. The van der Waals surface area contributed by atoms with Crippen molar-refractivity contribution < 1.29 is 19.1 Å². The van der Waals surface area contributed by atoms with Crippen molar-refractivity contribution in [2.45, 2.75) is 13.0 Å². The summed E-state index contributed by atoms with van der Waals surface area (Å²) >= 11 is 0. The van der Waals surface area contributed by atoms with Crippen molar-refractivity contribution in [3.63, 3.8) is 0 Å². The second kappa shape index (κ2) is 9.02. The number of nitrogens with zero attached hydrogens (tertiary/aromatic N) is 1. The molecule has 3 aromatic rings. The van der Waals surface area contributed by atoms with Crippen LogP contribution in [0.1, 0.15) is 34.5 Å². The molecule has 1 aliphatic rings. The summed E-state index contributed by atoms with van der Waals surface area (Å²) in [5.74, 6) is 0.641. The number of hydrogen-bond acceptors (Lipinski definition) is 5. The number of benzene rings is 3.